The van der Waals surface area contributed by atoms with Crippen LogP contribution in [0.4, 0.5) is 5.69 Å². The molecule has 5 heteroatoms. The van der Waals surface area contributed by atoms with E-state index in [1.54, 1.807) is 14.2 Å². The molecule has 0 spiro atoms. The zero-order valence-electron chi connectivity index (χ0n) is 10.7. The van der Waals surface area contributed by atoms with Crippen molar-refractivity contribution in [3.8, 4) is 11.5 Å². The third kappa shape index (κ3) is 2.26. The number of hydrogen-bond acceptors (Lipinski definition) is 4. The number of fused-ring (bicyclic) bond motifs is 1. The average molecular weight is 250 g/mol. The quantitative estimate of drug-likeness (QED) is 0.848. The van der Waals surface area contributed by atoms with Crippen molar-refractivity contribution >= 4 is 11.6 Å². The van der Waals surface area contributed by atoms with Gasteiger partial charge in [0, 0.05) is 24.1 Å². The summed E-state index contributed by atoms with van der Waals surface area (Å²) in [7, 11) is 3.20. The molecule has 0 radical (unpaired) electrons. The smallest absolute Gasteiger partial charge is 0.225 e. The van der Waals surface area contributed by atoms with Gasteiger partial charge in [0.05, 0.1) is 19.9 Å². The molecule has 2 rings (SSSR count). The molecule has 0 aromatic heterocycles. The lowest BCUT2D eigenvalue weighted by atomic mass is 9.87. The van der Waals surface area contributed by atoms with Crippen molar-refractivity contribution in [2.75, 3.05) is 26.1 Å². The van der Waals surface area contributed by atoms with Crippen LogP contribution in [0.1, 0.15) is 24.3 Å². The van der Waals surface area contributed by atoms with Crippen LogP contribution in [-0.2, 0) is 4.79 Å². The minimum Gasteiger partial charge on any atom is -0.497 e. The summed E-state index contributed by atoms with van der Waals surface area (Å²) in [4.78, 5) is 11.7. The van der Waals surface area contributed by atoms with E-state index in [1.807, 2.05) is 12.1 Å². The Bertz CT molecular complexity index is 460. The fourth-order valence-electron chi connectivity index (χ4n) is 2.39. The van der Waals surface area contributed by atoms with Gasteiger partial charge in [-0.25, -0.2) is 0 Å². The van der Waals surface area contributed by atoms with Gasteiger partial charge in [0.1, 0.15) is 11.5 Å². The van der Waals surface area contributed by atoms with Crippen LogP contribution in [0.3, 0.4) is 0 Å². The van der Waals surface area contributed by atoms with Gasteiger partial charge in [0.25, 0.3) is 0 Å². The number of hydrogen-bond donors (Lipinski definition) is 2. The molecule has 0 saturated carbocycles. The van der Waals surface area contributed by atoms with Crippen molar-refractivity contribution in [2.45, 2.75) is 18.8 Å². The van der Waals surface area contributed by atoms with E-state index in [-0.39, 0.29) is 11.8 Å². The number of benzene rings is 1. The molecule has 18 heavy (non-hydrogen) atoms. The first-order valence-electron chi connectivity index (χ1n) is 5.95. The SMILES string of the molecule is COc1cc2c(c(OC)c1)C(CCN)CC(=O)N2. The second-order valence-electron chi connectivity index (χ2n) is 4.32. The molecule has 1 amide bonds. The van der Waals surface area contributed by atoms with E-state index >= 15 is 0 Å². The zero-order valence-corrected chi connectivity index (χ0v) is 10.7. The maximum absolute atomic E-state index is 11.7. The van der Waals surface area contributed by atoms with E-state index in [0.29, 0.717) is 18.7 Å². The number of methoxy groups -OCH3 is 2. The fourth-order valence-corrected chi connectivity index (χ4v) is 2.39. The second kappa shape index (κ2) is 5.27. The Kier molecular flexibility index (Phi) is 3.72. The molecule has 1 aliphatic rings. The number of nitrogens with one attached hydrogen (secondary N) is 1. The summed E-state index contributed by atoms with van der Waals surface area (Å²) in [5, 5.41) is 2.86. The van der Waals surface area contributed by atoms with Crippen molar-refractivity contribution < 1.29 is 14.3 Å². The van der Waals surface area contributed by atoms with Crippen LogP contribution in [0.5, 0.6) is 11.5 Å². The summed E-state index contributed by atoms with van der Waals surface area (Å²) in [5.41, 5.74) is 7.39. The summed E-state index contributed by atoms with van der Waals surface area (Å²) in [5.74, 6) is 1.53. The lowest BCUT2D eigenvalue weighted by molar-refractivity contribution is -0.116. The van der Waals surface area contributed by atoms with E-state index in [2.05, 4.69) is 5.32 Å². The maximum atomic E-state index is 11.7. The number of carbonyl (C=O) groups is 1. The van der Waals surface area contributed by atoms with Gasteiger partial charge in [0.2, 0.25) is 5.91 Å². The molecule has 1 aromatic rings. The molecule has 0 bridgehead atoms. The van der Waals surface area contributed by atoms with Gasteiger partial charge in [-0.15, -0.1) is 0 Å². The van der Waals surface area contributed by atoms with Crippen LogP contribution in [0, 0.1) is 0 Å². The maximum Gasteiger partial charge on any atom is 0.225 e. The Labute approximate surface area is 106 Å². The monoisotopic (exact) mass is 250 g/mol. The molecule has 5 nitrogen and oxygen atoms in total. The summed E-state index contributed by atoms with van der Waals surface area (Å²) in [6, 6.07) is 3.65. The second-order valence-corrected chi connectivity index (χ2v) is 4.32. The number of amides is 1. The predicted molar refractivity (Wildman–Crippen MR) is 69.2 cm³/mol. The normalized spacial score (nSPS) is 17.9. The van der Waals surface area contributed by atoms with Crippen LogP contribution < -0.4 is 20.5 Å². The average Bonchev–Trinajstić information content (AvgIpc) is 2.37. The highest BCUT2D eigenvalue weighted by Crippen LogP contribution is 2.42. The van der Waals surface area contributed by atoms with Crippen LogP contribution in [0.15, 0.2) is 12.1 Å². The Balaban J connectivity index is 2.50. The molecule has 0 fully saturated rings. The van der Waals surface area contributed by atoms with E-state index in [1.165, 1.54) is 0 Å². The number of anilines is 1. The number of carbonyl (C=O) groups excluding carboxylic acids is 1. The molecule has 1 aliphatic heterocycles. The third-order valence-corrected chi connectivity index (χ3v) is 3.20. The lowest BCUT2D eigenvalue weighted by Gasteiger charge is -2.27. The third-order valence-electron chi connectivity index (χ3n) is 3.20. The number of rotatable bonds is 4. The van der Waals surface area contributed by atoms with Gasteiger partial charge < -0.3 is 20.5 Å². The first-order chi connectivity index (χ1) is 8.69. The molecule has 1 aromatic carbocycles. The van der Waals surface area contributed by atoms with Gasteiger partial charge in [0.15, 0.2) is 0 Å². The number of nitrogens with two attached hydrogens (primary N) is 1. The van der Waals surface area contributed by atoms with Crippen molar-refractivity contribution in [1.82, 2.24) is 0 Å². The standard InChI is InChI=1S/C13H18N2O3/c1-17-9-6-10-13(11(7-9)18-2)8(3-4-14)5-12(16)15-10/h6-8H,3-5,14H2,1-2H3,(H,15,16). The first-order valence-corrected chi connectivity index (χ1v) is 5.95. The van der Waals surface area contributed by atoms with Crippen molar-refractivity contribution in [3.63, 3.8) is 0 Å². The number of ether oxygens (including phenoxy) is 2. The van der Waals surface area contributed by atoms with Gasteiger partial charge >= 0.3 is 0 Å². The van der Waals surface area contributed by atoms with Crippen molar-refractivity contribution in [2.24, 2.45) is 5.73 Å². The summed E-state index contributed by atoms with van der Waals surface area (Å²) >= 11 is 0. The molecular weight excluding hydrogens is 232 g/mol. The topological polar surface area (TPSA) is 73.6 Å². The Hall–Kier alpha value is -1.75. The zero-order chi connectivity index (χ0) is 13.1. The molecule has 0 aliphatic carbocycles. The fraction of sp³-hybridized carbons (Fsp3) is 0.462. The Morgan fingerprint density at radius 3 is 2.78 bits per heavy atom. The van der Waals surface area contributed by atoms with Gasteiger partial charge in [-0.2, -0.15) is 0 Å². The van der Waals surface area contributed by atoms with Crippen LogP contribution in [0.25, 0.3) is 0 Å². The molecule has 1 unspecified atom stereocenters. The van der Waals surface area contributed by atoms with Crippen molar-refractivity contribution in [1.29, 1.82) is 0 Å². The van der Waals surface area contributed by atoms with Crippen LogP contribution in [0.2, 0.25) is 0 Å². The molecule has 1 atom stereocenters. The van der Waals surface area contributed by atoms with E-state index < -0.39 is 0 Å². The highest BCUT2D eigenvalue weighted by Gasteiger charge is 2.28. The highest BCUT2D eigenvalue weighted by atomic mass is 16.5. The lowest BCUT2D eigenvalue weighted by Crippen LogP contribution is -2.25. The summed E-state index contributed by atoms with van der Waals surface area (Å²) in [6.45, 7) is 0.548. The summed E-state index contributed by atoms with van der Waals surface area (Å²) in [6.07, 6.45) is 1.22. The molecule has 0 saturated heterocycles. The van der Waals surface area contributed by atoms with Gasteiger partial charge in [-0.3, -0.25) is 4.79 Å². The predicted octanol–water partition coefficient (Wildman–Crippen LogP) is 1.48. The van der Waals surface area contributed by atoms with E-state index in [9.17, 15) is 4.79 Å². The Morgan fingerprint density at radius 1 is 1.39 bits per heavy atom. The molecule has 98 valence electrons. The molecule has 1 heterocycles. The first kappa shape index (κ1) is 12.7. The van der Waals surface area contributed by atoms with Crippen molar-refractivity contribution in [3.05, 3.63) is 17.7 Å². The minimum atomic E-state index is 0.0104. The molecule has 3 N–H and O–H groups in total. The largest absolute Gasteiger partial charge is 0.497 e. The van der Waals surface area contributed by atoms with Crippen LogP contribution >= 0.6 is 0 Å². The Morgan fingerprint density at radius 2 is 2.17 bits per heavy atom. The van der Waals surface area contributed by atoms with E-state index in [0.717, 1.165) is 23.4 Å². The summed E-state index contributed by atoms with van der Waals surface area (Å²) < 4.78 is 10.6. The van der Waals surface area contributed by atoms with Gasteiger partial charge in [-0.05, 0) is 18.9 Å². The van der Waals surface area contributed by atoms with Crippen LogP contribution in [-0.4, -0.2) is 26.7 Å². The van der Waals surface area contributed by atoms with E-state index in [4.69, 9.17) is 15.2 Å². The van der Waals surface area contributed by atoms with Gasteiger partial charge in [-0.1, -0.05) is 0 Å². The highest BCUT2D eigenvalue weighted by molar-refractivity contribution is 5.95. The minimum absolute atomic E-state index is 0.0104. The molecular formula is C13H18N2O3.